The van der Waals surface area contributed by atoms with Gasteiger partial charge in [0.2, 0.25) is 5.91 Å². The Balaban J connectivity index is 1.77. The standard InChI is InChI=1S/C21H26N2O/c1-15-8-6-9-16(2)21(15)19-12-7-13-23(19)20(24)14-18(22)17-10-4-3-5-11-17/h3-6,8-11,18-19H,7,12-14,22H2,1-2H3. The monoisotopic (exact) mass is 322 g/mol. The molecule has 24 heavy (non-hydrogen) atoms. The average Bonchev–Trinajstić information content (AvgIpc) is 3.05. The lowest BCUT2D eigenvalue weighted by atomic mass is 9.94. The van der Waals surface area contributed by atoms with Gasteiger partial charge >= 0.3 is 0 Å². The molecule has 1 aliphatic heterocycles. The largest absolute Gasteiger partial charge is 0.336 e. The fraction of sp³-hybridized carbons (Fsp3) is 0.381. The quantitative estimate of drug-likeness (QED) is 0.923. The summed E-state index contributed by atoms with van der Waals surface area (Å²) in [5, 5.41) is 0. The van der Waals surface area contributed by atoms with Crippen LogP contribution in [0.5, 0.6) is 0 Å². The van der Waals surface area contributed by atoms with Gasteiger partial charge in [0.25, 0.3) is 0 Å². The van der Waals surface area contributed by atoms with E-state index < -0.39 is 0 Å². The van der Waals surface area contributed by atoms with Gasteiger partial charge in [-0.1, -0.05) is 48.5 Å². The minimum Gasteiger partial charge on any atom is -0.336 e. The fourth-order valence-corrected chi connectivity index (χ4v) is 3.84. The minimum absolute atomic E-state index is 0.163. The number of amides is 1. The predicted molar refractivity (Wildman–Crippen MR) is 97.6 cm³/mol. The summed E-state index contributed by atoms with van der Waals surface area (Å²) >= 11 is 0. The Kier molecular flexibility index (Phi) is 5.00. The van der Waals surface area contributed by atoms with E-state index in [0.717, 1.165) is 24.9 Å². The fourth-order valence-electron chi connectivity index (χ4n) is 3.84. The smallest absolute Gasteiger partial charge is 0.224 e. The van der Waals surface area contributed by atoms with E-state index in [1.54, 1.807) is 0 Å². The van der Waals surface area contributed by atoms with Crippen molar-refractivity contribution in [2.75, 3.05) is 6.54 Å². The third-order valence-electron chi connectivity index (χ3n) is 5.07. The van der Waals surface area contributed by atoms with Crippen LogP contribution in [0.2, 0.25) is 0 Å². The maximum atomic E-state index is 12.9. The Hall–Kier alpha value is -2.13. The highest BCUT2D eigenvalue weighted by atomic mass is 16.2. The Bertz CT molecular complexity index is 691. The van der Waals surface area contributed by atoms with E-state index in [-0.39, 0.29) is 18.0 Å². The summed E-state index contributed by atoms with van der Waals surface area (Å²) in [6.45, 7) is 5.11. The van der Waals surface area contributed by atoms with E-state index in [0.29, 0.717) is 6.42 Å². The second kappa shape index (κ2) is 7.18. The molecule has 0 saturated carbocycles. The van der Waals surface area contributed by atoms with E-state index >= 15 is 0 Å². The number of likely N-dealkylation sites (tertiary alicyclic amines) is 1. The van der Waals surface area contributed by atoms with Gasteiger partial charge < -0.3 is 10.6 Å². The lowest BCUT2D eigenvalue weighted by molar-refractivity contribution is -0.132. The first-order valence-electron chi connectivity index (χ1n) is 8.74. The highest BCUT2D eigenvalue weighted by Gasteiger charge is 2.32. The van der Waals surface area contributed by atoms with Crippen LogP contribution in [0.3, 0.4) is 0 Å². The van der Waals surface area contributed by atoms with Gasteiger partial charge in [-0.2, -0.15) is 0 Å². The van der Waals surface area contributed by atoms with Crippen molar-refractivity contribution in [3.63, 3.8) is 0 Å². The van der Waals surface area contributed by atoms with Crippen molar-refractivity contribution in [2.24, 2.45) is 5.73 Å². The number of aryl methyl sites for hydroxylation is 2. The molecule has 2 unspecified atom stereocenters. The Labute approximate surface area is 144 Å². The van der Waals surface area contributed by atoms with Gasteiger partial charge in [-0.05, 0) is 48.9 Å². The molecule has 2 N–H and O–H groups in total. The summed E-state index contributed by atoms with van der Waals surface area (Å²) < 4.78 is 0. The summed E-state index contributed by atoms with van der Waals surface area (Å²) in [5.74, 6) is 0.163. The van der Waals surface area contributed by atoms with Crippen LogP contribution in [0.25, 0.3) is 0 Å². The first-order chi connectivity index (χ1) is 11.6. The highest BCUT2D eigenvalue weighted by molar-refractivity contribution is 5.78. The molecule has 3 heteroatoms. The van der Waals surface area contributed by atoms with E-state index in [1.165, 1.54) is 16.7 Å². The topological polar surface area (TPSA) is 46.3 Å². The lowest BCUT2D eigenvalue weighted by Crippen LogP contribution is -2.33. The second-order valence-electron chi connectivity index (χ2n) is 6.77. The van der Waals surface area contributed by atoms with Crippen molar-refractivity contribution >= 4 is 5.91 Å². The van der Waals surface area contributed by atoms with Crippen LogP contribution < -0.4 is 5.73 Å². The van der Waals surface area contributed by atoms with Crippen LogP contribution in [-0.2, 0) is 4.79 Å². The zero-order valence-corrected chi connectivity index (χ0v) is 14.5. The van der Waals surface area contributed by atoms with E-state index in [1.807, 2.05) is 35.2 Å². The van der Waals surface area contributed by atoms with Gasteiger partial charge in [-0.25, -0.2) is 0 Å². The summed E-state index contributed by atoms with van der Waals surface area (Å²) in [4.78, 5) is 14.9. The molecule has 1 saturated heterocycles. The van der Waals surface area contributed by atoms with Gasteiger partial charge in [-0.15, -0.1) is 0 Å². The maximum absolute atomic E-state index is 12.9. The molecule has 1 aliphatic rings. The molecule has 2 aromatic carbocycles. The number of nitrogens with zero attached hydrogens (tertiary/aromatic N) is 1. The SMILES string of the molecule is Cc1cccc(C)c1C1CCCN1C(=O)CC(N)c1ccccc1. The molecule has 1 fully saturated rings. The van der Waals surface area contributed by atoms with Gasteiger partial charge in [-0.3, -0.25) is 4.79 Å². The highest BCUT2D eigenvalue weighted by Crippen LogP contribution is 2.36. The van der Waals surface area contributed by atoms with Gasteiger partial charge in [0, 0.05) is 19.0 Å². The molecule has 1 amide bonds. The average molecular weight is 322 g/mol. The van der Waals surface area contributed by atoms with Gasteiger partial charge in [0.1, 0.15) is 0 Å². The third-order valence-corrected chi connectivity index (χ3v) is 5.07. The molecule has 1 heterocycles. The van der Waals surface area contributed by atoms with Crippen molar-refractivity contribution in [1.82, 2.24) is 4.90 Å². The molecular formula is C21H26N2O. The van der Waals surface area contributed by atoms with Crippen molar-refractivity contribution < 1.29 is 4.79 Å². The molecule has 0 aliphatic carbocycles. The summed E-state index contributed by atoms with van der Waals surface area (Å²) in [6.07, 6.45) is 2.47. The molecule has 0 radical (unpaired) electrons. The summed E-state index contributed by atoms with van der Waals surface area (Å²) in [5.41, 5.74) is 11.1. The number of hydrogen-bond acceptors (Lipinski definition) is 2. The van der Waals surface area contributed by atoms with Gasteiger partial charge in [0.15, 0.2) is 0 Å². The number of carbonyl (C=O) groups is 1. The van der Waals surface area contributed by atoms with E-state index in [9.17, 15) is 4.79 Å². The van der Waals surface area contributed by atoms with E-state index in [4.69, 9.17) is 5.73 Å². The van der Waals surface area contributed by atoms with Crippen LogP contribution in [0.4, 0.5) is 0 Å². The number of carbonyl (C=O) groups excluding carboxylic acids is 1. The molecule has 126 valence electrons. The minimum atomic E-state index is -0.238. The second-order valence-corrected chi connectivity index (χ2v) is 6.77. The van der Waals surface area contributed by atoms with Crippen LogP contribution >= 0.6 is 0 Å². The van der Waals surface area contributed by atoms with Crippen LogP contribution in [0.15, 0.2) is 48.5 Å². The van der Waals surface area contributed by atoms with Crippen molar-refractivity contribution in [1.29, 1.82) is 0 Å². The summed E-state index contributed by atoms with van der Waals surface area (Å²) in [7, 11) is 0. The third kappa shape index (κ3) is 3.36. The zero-order chi connectivity index (χ0) is 17.1. The Morgan fingerprint density at radius 1 is 1.12 bits per heavy atom. The molecule has 3 nitrogen and oxygen atoms in total. The van der Waals surface area contributed by atoms with Crippen LogP contribution in [0.1, 0.15) is 53.6 Å². The zero-order valence-electron chi connectivity index (χ0n) is 14.5. The molecule has 2 atom stereocenters. The number of rotatable bonds is 4. The summed E-state index contributed by atoms with van der Waals surface area (Å²) in [6, 6.07) is 16.2. The predicted octanol–water partition coefficient (Wildman–Crippen LogP) is 4.06. The van der Waals surface area contributed by atoms with Gasteiger partial charge in [0.05, 0.1) is 6.04 Å². The molecular weight excluding hydrogens is 296 g/mol. The number of nitrogens with two attached hydrogens (primary N) is 1. The number of benzene rings is 2. The maximum Gasteiger partial charge on any atom is 0.224 e. The molecule has 0 aromatic heterocycles. The molecule has 3 rings (SSSR count). The van der Waals surface area contributed by atoms with Crippen molar-refractivity contribution in [3.8, 4) is 0 Å². The van der Waals surface area contributed by atoms with E-state index in [2.05, 4.69) is 32.0 Å². The first-order valence-corrected chi connectivity index (χ1v) is 8.74. The van der Waals surface area contributed by atoms with Crippen molar-refractivity contribution in [3.05, 3.63) is 70.8 Å². The van der Waals surface area contributed by atoms with Crippen LogP contribution in [-0.4, -0.2) is 17.4 Å². The van der Waals surface area contributed by atoms with Crippen molar-refractivity contribution in [2.45, 2.75) is 45.2 Å². The normalized spacial score (nSPS) is 18.6. The van der Waals surface area contributed by atoms with Crippen LogP contribution in [0, 0.1) is 13.8 Å². The Morgan fingerprint density at radius 2 is 1.79 bits per heavy atom. The molecule has 0 spiro atoms. The molecule has 2 aromatic rings. The molecule has 0 bridgehead atoms. The lowest BCUT2D eigenvalue weighted by Gasteiger charge is -2.28. The number of hydrogen-bond donors (Lipinski definition) is 1. The Morgan fingerprint density at radius 3 is 2.46 bits per heavy atom. The first kappa shape index (κ1) is 16.7.